The maximum atomic E-state index is 15.1. The highest BCUT2D eigenvalue weighted by atomic mass is 16.3. The molecule has 0 radical (unpaired) electrons. The van der Waals surface area contributed by atoms with Gasteiger partial charge in [0, 0.05) is 61.7 Å². The number of amides is 10. The van der Waals surface area contributed by atoms with Crippen LogP contribution in [0.5, 0.6) is 0 Å². The standard InChI is InChI=1S/C62H110N10O12/c1-24-27-28-40(14)53(75)52-56(78)65-44(26-3)59(81)66(17)34-50(74)67(18)45(29-35(4)5)49(73)33-43(25-2)58(80)68(19)46(30-36(6)7)55(77)63-41(15)54(76)64-42(16)57(79)69(20)47(31-37(8)9)60(82)70(21)48(32-38(10)11)61(83)71(22)51(39(12)13)62(84)72(52)23/h24,27,35-48,51-53,75H,25-26,28-34H2,1-23H3,(H,63,77)(H,64,76)(H,65,78)/b27-24+/t40-,41+,42-,43-,44+,45+,46+,47+,48+,51+,52+,53-/m1/s1. The summed E-state index contributed by atoms with van der Waals surface area (Å²) in [6, 6.07) is -10.9. The summed E-state index contributed by atoms with van der Waals surface area (Å²) in [5.41, 5.74) is 0. The van der Waals surface area contributed by atoms with Gasteiger partial charge in [-0.15, -0.1) is 0 Å². The molecule has 22 nitrogen and oxygen atoms in total. The van der Waals surface area contributed by atoms with Gasteiger partial charge in [0.2, 0.25) is 59.1 Å². The number of aliphatic hydroxyl groups excluding tert-OH is 1. The molecule has 0 bridgehead atoms. The topological polar surface area (TPSA) is 267 Å². The number of likely N-dealkylation sites (N-methyl/N-ethyl adjacent to an activating group) is 7. The molecule has 0 spiro atoms. The number of allylic oxidation sites excluding steroid dienone is 2. The fraction of sp³-hybridized carbons (Fsp3) is 0.790. The molecular formula is C62H110N10O12. The summed E-state index contributed by atoms with van der Waals surface area (Å²) in [5, 5.41) is 20.2. The van der Waals surface area contributed by atoms with E-state index in [0.29, 0.717) is 6.42 Å². The van der Waals surface area contributed by atoms with Crippen molar-refractivity contribution in [3.05, 3.63) is 12.2 Å². The van der Waals surface area contributed by atoms with Crippen molar-refractivity contribution in [1.82, 2.24) is 50.2 Å². The summed E-state index contributed by atoms with van der Waals surface area (Å²) in [4.78, 5) is 168. The fourth-order valence-electron chi connectivity index (χ4n) is 10.8. The molecule has 84 heavy (non-hydrogen) atoms. The first-order valence-corrected chi connectivity index (χ1v) is 30.4. The van der Waals surface area contributed by atoms with Crippen LogP contribution in [0.25, 0.3) is 0 Å². The lowest BCUT2D eigenvalue weighted by molar-refractivity contribution is -0.157. The van der Waals surface area contributed by atoms with Crippen LogP contribution in [0.1, 0.15) is 162 Å². The van der Waals surface area contributed by atoms with Gasteiger partial charge in [0.05, 0.1) is 18.7 Å². The summed E-state index contributed by atoms with van der Waals surface area (Å²) in [6.07, 6.45) is 3.12. The summed E-state index contributed by atoms with van der Waals surface area (Å²) in [5.74, 6) is -9.50. The van der Waals surface area contributed by atoms with Gasteiger partial charge in [-0.25, -0.2) is 0 Å². The van der Waals surface area contributed by atoms with Crippen LogP contribution in [0.15, 0.2) is 12.2 Å². The van der Waals surface area contributed by atoms with E-state index >= 15 is 9.59 Å². The number of carbonyl (C=O) groups excluding carboxylic acids is 11. The van der Waals surface area contributed by atoms with E-state index in [4.69, 9.17) is 0 Å². The molecule has 0 aromatic rings. The van der Waals surface area contributed by atoms with Crippen LogP contribution in [-0.2, 0) is 52.7 Å². The second-order valence-corrected chi connectivity index (χ2v) is 25.6. The van der Waals surface area contributed by atoms with E-state index in [2.05, 4.69) is 16.0 Å². The zero-order valence-electron chi connectivity index (χ0n) is 55.4. The lowest BCUT2D eigenvalue weighted by atomic mass is 9.90. The highest BCUT2D eigenvalue weighted by Gasteiger charge is 2.45. The maximum absolute atomic E-state index is 15.1. The Morgan fingerprint density at radius 1 is 0.488 bits per heavy atom. The number of hydrogen-bond acceptors (Lipinski definition) is 12. The van der Waals surface area contributed by atoms with E-state index in [-0.39, 0.29) is 68.6 Å². The van der Waals surface area contributed by atoms with Crippen LogP contribution in [0.4, 0.5) is 0 Å². The van der Waals surface area contributed by atoms with Gasteiger partial charge >= 0.3 is 0 Å². The average molecular weight is 1190 g/mol. The first kappa shape index (κ1) is 76.1. The average Bonchev–Trinajstić information content (AvgIpc) is 3.55. The molecule has 22 heteroatoms. The van der Waals surface area contributed by atoms with E-state index in [1.165, 1.54) is 87.7 Å². The molecule has 0 aliphatic carbocycles. The van der Waals surface area contributed by atoms with Gasteiger partial charge < -0.3 is 55.4 Å². The second-order valence-electron chi connectivity index (χ2n) is 25.6. The molecule has 4 N–H and O–H groups in total. The van der Waals surface area contributed by atoms with E-state index in [0.717, 1.165) is 9.80 Å². The summed E-state index contributed by atoms with van der Waals surface area (Å²) < 4.78 is 0. The molecular weight excluding hydrogens is 1080 g/mol. The molecule has 10 amide bonds. The molecule has 0 saturated carbocycles. The van der Waals surface area contributed by atoms with E-state index in [9.17, 15) is 48.3 Å². The first-order valence-electron chi connectivity index (χ1n) is 30.4. The fourth-order valence-corrected chi connectivity index (χ4v) is 10.8. The lowest BCUT2D eigenvalue weighted by Crippen LogP contribution is -2.63. The summed E-state index contributed by atoms with van der Waals surface area (Å²) >= 11 is 0. The van der Waals surface area contributed by atoms with E-state index in [1.807, 2.05) is 61.5 Å². The SMILES string of the molecule is C/C=C/C[C@@H](C)[C@@H](O)[C@H]1C(=O)N[C@@H](CC)C(=O)N(C)CC(=O)N(C)[C@@H](CC(C)C)C(=O)C[C@@H](CC)C(=O)N(C)[C@@H](CC(C)C)C(=O)N[C@@H](C)C(=O)N[C@H](C)C(=O)N(C)[C@@H](CC(C)C)C(=O)N(C)[C@@H](CC(C)C)C(=O)N(C)[C@@H](C(C)C)C(=O)N1C. The third kappa shape index (κ3) is 21.2. The number of carbonyl (C=O) groups is 11. The predicted molar refractivity (Wildman–Crippen MR) is 325 cm³/mol. The van der Waals surface area contributed by atoms with E-state index in [1.54, 1.807) is 47.6 Å². The third-order valence-corrected chi connectivity index (χ3v) is 16.2. The summed E-state index contributed by atoms with van der Waals surface area (Å²) in [7, 11) is 10.0. The Balaban J connectivity index is 4.29. The van der Waals surface area contributed by atoms with Gasteiger partial charge in [-0.1, -0.05) is 102 Å². The highest BCUT2D eigenvalue weighted by Crippen LogP contribution is 2.26. The smallest absolute Gasteiger partial charge is 0.246 e. The Bertz CT molecular complexity index is 2290. The van der Waals surface area contributed by atoms with Crippen molar-refractivity contribution in [2.45, 2.75) is 223 Å². The van der Waals surface area contributed by atoms with Gasteiger partial charge in [0.15, 0.2) is 5.78 Å². The number of nitrogens with one attached hydrogen (secondary N) is 3. The van der Waals surface area contributed by atoms with Crippen LogP contribution in [-0.4, -0.2) is 221 Å². The molecule has 480 valence electrons. The van der Waals surface area contributed by atoms with Crippen molar-refractivity contribution in [3.8, 4) is 0 Å². The van der Waals surface area contributed by atoms with Gasteiger partial charge in [-0.05, 0) is 101 Å². The Kier molecular flexibility index (Phi) is 31.6. The molecule has 0 aromatic heterocycles. The normalized spacial score (nSPS) is 27.1. The Morgan fingerprint density at radius 2 is 0.929 bits per heavy atom. The Morgan fingerprint density at radius 3 is 1.39 bits per heavy atom. The zero-order valence-corrected chi connectivity index (χ0v) is 55.4. The van der Waals surface area contributed by atoms with Gasteiger partial charge in [0.1, 0.15) is 48.3 Å². The van der Waals surface area contributed by atoms with Crippen molar-refractivity contribution in [2.75, 3.05) is 55.9 Å². The van der Waals surface area contributed by atoms with Crippen LogP contribution in [0.3, 0.4) is 0 Å². The van der Waals surface area contributed by atoms with Crippen molar-refractivity contribution in [1.29, 1.82) is 0 Å². The number of Topliss-reactive ketones (excluding diaryl/α,β-unsaturated/α-hetero) is 1. The van der Waals surface area contributed by atoms with Crippen LogP contribution < -0.4 is 16.0 Å². The molecule has 1 fully saturated rings. The first-order chi connectivity index (χ1) is 38.8. The van der Waals surface area contributed by atoms with E-state index < -0.39 is 150 Å². The predicted octanol–water partition coefficient (Wildman–Crippen LogP) is 4.11. The lowest BCUT2D eigenvalue weighted by Gasteiger charge is -2.41. The minimum atomic E-state index is -1.60. The molecule has 0 aromatic carbocycles. The maximum Gasteiger partial charge on any atom is 0.246 e. The van der Waals surface area contributed by atoms with Crippen molar-refractivity contribution >= 4 is 64.9 Å². The quantitative estimate of drug-likeness (QED) is 0.169. The second kappa shape index (κ2) is 34.9. The molecule has 1 aliphatic rings. The number of nitrogens with zero attached hydrogens (tertiary/aromatic N) is 7. The van der Waals surface area contributed by atoms with Crippen molar-refractivity contribution < 1.29 is 57.8 Å². The van der Waals surface area contributed by atoms with Gasteiger partial charge in [-0.2, -0.15) is 0 Å². The van der Waals surface area contributed by atoms with Crippen molar-refractivity contribution in [3.63, 3.8) is 0 Å². The largest absolute Gasteiger partial charge is 0.390 e. The zero-order chi connectivity index (χ0) is 65.1. The molecule has 1 saturated heterocycles. The van der Waals surface area contributed by atoms with Crippen LogP contribution >= 0.6 is 0 Å². The molecule has 12 atom stereocenters. The minimum Gasteiger partial charge on any atom is -0.390 e. The Hall–Kier alpha value is -5.93. The van der Waals surface area contributed by atoms with Gasteiger partial charge in [0.25, 0.3) is 0 Å². The number of aliphatic hydroxyl groups is 1. The summed E-state index contributed by atoms with van der Waals surface area (Å²) in [6.45, 7) is 27.8. The number of hydrogen-bond donors (Lipinski definition) is 4. The van der Waals surface area contributed by atoms with Crippen LogP contribution in [0, 0.1) is 41.4 Å². The minimum absolute atomic E-state index is 0.0347. The molecule has 1 rings (SSSR count). The molecule has 1 heterocycles. The third-order valence-electron chi connectivity index (χ3n) is 16.2. The number of rotatable bonds is 15. The Labute approximate surface area is 503 Å². The van der Waals surface area contributed by atoms with Crippen LogP contribution in [0.2, 0.25) is 0 Å². The number of ketones is 1. The van der Waals surface area contributed by atoms with Gasteiger partial charge in [-0.3, -0.25) is 52.7 Å². The molecule has 1 aliphatic heterocycles. The van der Waals surface area contributed by atoms with Crippen molar-refractivity contribution in [2.24, 2.45) is 41.4 Å². The monoisotopic (exact) mass is 1190 g/mol. The molecule has 0 unspecified atom stereocenters. The highest BCUT2D eigenvalue weighted by molar-refractivity contribution is 5.99.